The molecule has 0 aliphatic heterocycles. The van der Waals surface area contributed by atoms with Crippen molar-refractivity contribution in [3.8, 4) is 0 Å². The Balaban J connectivity index is 2.74. The van der Waals surface area contributed by atoms with Crippen LogP contribution in [0.3, 0.4) is 0 Å². The monoisotopic (exact) mass is 256 g/mol. The van der Waals surface area contributed by atoms with Crippen LogP contribution in [0.2, 0.25) is 5.02 Å². The molecule has 5 heteroatoms. The average molecular weight is 257 g/mol. The minimum Gasteiger partial charge on any atom is -0.481 e. The molecule has 1 aromatic rings. The second kappa shape index (κ2) is 6.45. The third-order valence-electron chi connectivity index (χ3n) is 2.22. The molecule has 0 atom stereocenters. The van der Waals surface area contributed by atoms with Gasteiger partial charge in [0.15, 0.2) is 0 Å². The maximum Gasteiger partial charge on any atom is 0.305 e. The van der Waals surface area contributed by atoms with Crippen LogP contribution in [-0.4, -0.2) is 29.1 Å². The van der Waals surface area contributed by atoms with Crippen molar-refractivity contribution in [2.75, 3.05) is 18.0 Å². The molecule has 1 rings (SSSR count). The first-order chi connectivity index (χ1) is 7.99. The largest absolute Gasteiger partial charge is 0.481 e. The number of hydrogen-bond donors (Lipinski definition) is 1. The van der Waals surface area contributed by atoms with E-state index in [0.29, 0.717) is 17.5 Å². The molecule has 0 bridgehead atoms. The van der Waals surface area contributed by atoms with Crippen LogP contribution in [-0.2, 0) is 4.79 Å². The molecule has 0 amide bonds. The van der Waals surface area contributed by atoms with Gasteiger partial charge in [-0.15, -0.1) is 0 Å². The molecule has 94 valence electrons. The van der Waals surface area contributed by atoms with E-state index in [4.69, 9.17) is 16.7 Å². The van der Waals surface area contributed by atoms with Crippen molar-refractivity contribution >= 4 is 23.4 Å². The van der Waals surface area contributed by atoms with Crippen LogP contribution in [0.4, 0.5) is 5.82 Å². The molecule has 0 aliphatic carbocycles. The van der Waals surface area contributed by atoms with E-state index in [2.05, 4.69) is 18.8 Å². The van der Waals surface area contributed by atoms with Gasteiger partial charge >= 0.3 is 5.97 Å². The molecule has 0 saturated carbocycles. The van der Waals surface area contributed by atoms with Crippen LogP contribution < -0.4 is 4.90 Å². The number of carbonyl (C=O) groups is 1. The van der Waals surface area contributed by atoms with Gasteiger partial charge in [-0.25, -0.2) is 4.98 Å². The molecule has 0 saturated heterocycles. The summed E-state index contributed by atoms with van der Waals surface area (Å²) in [6.45, 7) is 5.41. The number of aromatic nitrogens is 1. The van der Waals surface area contributed by atoms with Gasteiger partial charge in [0.1, 0.15) is 5.82 Å². The summed E-state index contributed by atoms with van der Waals surface area (Å²) in [5.74, 6) is 0.415. The summed E-state index contributed by atoms with van der Waals surface area (Å²) in [5, 5.41) is 9.30. The number of nitrogens with zero attached hydrogens (tertiary/aromatic N) is 2. The molecule has 0 fully saturated rings. The molecule has 0 aromatic carbocycles. The molecular weight excluding hydrogens is 240 g/mol. The molecule has 0 spiro atoms. The number of anilines is 1. The van der Waals surface area contributed by atoms with Crippen molar-refractivity contribution < 1.29 is 9.90 Å². The molecule has 0 radical (unpaired) electrons. The fraction of sp³-hybridized carbons (Fsp3) is 0.500. The van der Waals surface area contributed by atoms with Crippen molar-refractivity contribution in [3.05, 3.63) is 23.4 Å². The normalized spacial score (nSPS) is 10.6. The summed E-state index contributed by atoms with van der Waals surface area (Å²) in [6.07, 6.45) is 1.68. The standard InChI is InChI=1S/C12H17ClN2O2/c1-9(2)8-15(6-5-12(16)17)11-4-3-10(13)7-14-11/h3-4,7,9H,5-6,8H2,1-2H3,(H,16,17). The molecule has 1 heterocycles. The first-order valence-electron chi connectivity index (χ1n) is 5.57. The van der Waals surface area contributed by atoms with Crippen molar-refractivity contribution in [1.29, 1.82) is 0 Å². The fourth-order valence-electron chi connectivity index (χ4n) is 1.53. The molecule has 4 nitrogen and oxygen atoms in total. The quantitative estimate of drug-likeness (QED) is 0.850. The second-order valence-corrected chi connectivity index (χ2v) is 4.75. The van der Waals surface area contributed by atoms with E-state index in [-0.39, 0.29) is 6.42 Å². The zero-order valence-corrected chi connectivity index (χ0v) is 10.8. The maximum absolute atomic E-state index is 10.6. The topological polar surface area (TPSA) is 53.4 Å². The van der Waals surface area contributed by atoms with Crippen LogP contribution in [0, 0.1) is 5.92 Å². The van der Waals surface area contributed by atoms with Gasteiger partial charge in [0.2, 0.25) is 0 Å². The molecule has 0 unspecified atom stereocenters. The third-order valence-corrected chi connectivity index (χ3v) is 2.44. The highest BCUT2D eigenvalue weighted by molar-refractivity contribution is 6.30. The van der Waals surface area contributed by atoms with Crippen molar-refractivity contribution in [1.82, 2.24) is 4.98 Å². The number of pyridine rings is 1. The first kappa shape index (κ1) is 13.8. The first-order valence-corrected chi connectivity index (χ1v) is 5.95. The van der Waals surface area contributed by atoms with Gasteiger partial charge in [0, 0.05) is 19.3 Å². The zero-order valence-electron chi connectivity index (χ0n) is 10.1. The Labute approximate surface area is 106 Å². The van der Waals surface area contributed by atoms with Gasteiger partial charge in [-0.1, -0.05) is 25.4 Å². The summed E-state index contributed by atoms with van der Waals surface area (Å²) in [4.78, 5) is 16.8. The lowest BCUT2D eigenvalue weighted by molar-refractivity contribution is -0.136. The van der Waals surface area contributed by atoms with Crippen molar-refractivity contribution in [3.63, 3.8) is 0 Å². The number of hydrogen-bond acceptors (Lipinski definition) is 3. The highest BCUT2D eigenvalue weighted by Crippen LogP contribution is 2.16. The van der Waals surface area contributed by atoms with Gasteiger partial charge in [-0.05, 0) is 18.1 Å². The predicted octanol–water partition coefficient (Wildman–Crippen LogP) is 2.67. The molecule has 17 heavy (non-hydrogen) atoms. The van der Waals surface area contributed by atoms with Crippen molar-refractivity contribution in [2.24, 2.45) is 5.92 Å². The summed E-state index contributed by atoms with van der Waals surface area (Å²) in [7, 11) is 0. The van der Waals surface area contributed by atoms with Gasteiger partial charge in [0.05, 0.1) is 11.4 Å². The Morgan fingerprint density at radius 2 is 2.24 bits per heavy atom. The molecule has 1 N–H and O–H groups in total. The van der Waals surface area contributed by atoms with E-state index in [1.165, 1.54) is 0 Å². The van der Waals surface area contributed by atoms with Gasteiger partial charge in [-0.2, -0.15) is 0 Å². The number of rotatable bonds is 6. The molecule has 1 aromatic heterocycles. The van der Waals surface area contributed by atoms with Crippen LogP contribution in [0.25, 0.3) is 0 Å². The summed E-state index contributed by atoms with van der Waals surface area (Å²) >= 11 is 5.77. The van der Waals surface area contributed by atoms with Crippen LogP contribution in [0.15, 0.2) is 18.3 Å². The van der Waals surface area contributed by atoms with E-state index in [1.54, 1.807) is 12.3 Å². The predicted molar refractivity (Wildman–Crippen MR) is 68.6 cm³/mol. The fourth-order valence-corrected chi connectivity index (χ4v) is 1.64. The lowest BCUT2D eigenvalue weighted by Crippen LogP contribution is -2.30. The smallest absolute Gasteiger partial charge is 0.305 e. The van der Waals surface area contributed by atoms with Gasteiger partial charge < -0.3 is 10.0 Å². The lowest BCUT2D eigenvalue weighted by atomic mass is 10.2. The number of carboxylic acid groups (broad SMARTS) is 1. The van der Waals surface area contributed by atoms with Gasteiger partial charge in [-0.3, -0.25) is 4.79 Å². The maximum atomic E-state index is 10.6. The lowest BCUT2D eigenvalue weighted by Gasteiger charge is -2.24. The Hall–Kier alpha value is -1.29. The van der Waals surface area contributed by atoms with Crippen molar-refractivity contribution in [2.45, 2.75) is 20.3 Å². The molecule has 0 aliphatic rings. The van der Waals surface area contributed by atoms with E-state index in [9.17, 15) is 4.79 Å². The van der Waals surface area contributed by atoms with E-state index >= 15 is 0 Å². The van der Waals surface area contributed by atoms with Crippen LogP contribution in [0.1, 0.15) is 20.3 Å². The molecular formula is C12H17ClN2O2. The number of aliphatic carboxylic acids is 1. The summed E-state index contributed by atoms with van der Waals surface area (Å²) in [5.41, 5.74) is 0. The van der Waals surface area contributed by atoms with Crippen LogP contribution in [0.5, 0.6) is 0 Å². The second-order valence-electron chi connectivity index (χ2n) is 4.32. The minimum atomic E-state index is -0.798. The van der Waals surface area contributed by atoms with E-state index in [1.807, 2.05) is 11.0 Å². The SMILES string of the molecule is CC(C)CN(CCC(=O)O)c1ccc(Cl)cn1. The number of carboxylic acids is 1. The highest BCUT2D eigenvalue weighted by Gasteiger charge is 2.11. The highest BCUT2D eigenvalue weighted by atomic mass is 35.5. The Kier molecular flexibility index (Phi) is 5.22. The third kappa shape index (κ3) is 5.04. The van der Waals surface area contributed by atoms with Crippen LogP contribution >= 0.6 is 11.6 Å². The number of halogens is 1. The van der Waals surface area contributed by atoms with E-state index in [0.717, 1.165) is 12.4 Å². The zero-order chi connectivity index (χ0) is 12.8. The van der Waals surface area contributed by atoms with E-state index < -0.39 is 5.97 Å². The average Bonchev–Trinajstić information content (AvgIpc) is 2.25. The minimum absolute atomic E-state index is 0.108. The Morgan fingerprint density at radius 1 is 1.53 bits per heavy atom. The Morgan fingerprint density at radius 3 is 2.71 bits per heavy atom. The summed E-state index contributed by atoms with van der Waals surface area (Å²) < 4.78 is 0. The summed E-state index contributed by atoms with van der Waals surface area (Å²) in [6, 6.07) is 3.57. The Bertz CT molecular complexity index is 365. The van der Waals surface area contributed by atoms with Gasteiger partial charge in [0.25, 0.3) is 0 Å².